The molecule has 2 nitrogen and oxygen atoms in total. The molecule has 3 rings (SSSR count). The van der Waals surface area contributed by atoms with E-state index in [0.29, 0.717) is 16.6 Å². The molecule has 0 atom stereocenters. The van der Waals surface area contributed by atoms with Gasteiger partial charge in [-0.25, -0.2) is 4.39 Å². The van der Waals surface area contributed by atoms with Crippen LogP contribution in [0.2, 0.25) is 0 Å². The lowest BCUT2D eigenvalue weighted by Gasteiger charge is -2.23. The van der Waals surface area contributed by atoms with Crippen LogP contribution in [0.3, 0.4) is 0 Å². The number of hydrogen-bond acceptors (Lipinski definition) is 1. The number of halogens is 2. The van der Waals surface area contributed by atoms with Crippen LogP contribution in [0.4, 0.5) is 10.1 Å². The van der Waals surface area contributed by atoms with Gasteiger partial charge in [0.1, 0.15) is 5.82 Å². The van der Waals surface area contributed by atoms with E-state index in [9.17, 15) is 9.18 Å². The number of hydrogen-bond donors (Lipinski definition) is 0. The molecule has 1 aliphatic heterocycles. The molecular formula is C17H15BrFNO. The fourth-order valence-corrected chi connectivity index (χ4v) is 3.13. The zero-order chi connectivity index (χ0) is 14.8. The van der Waals surface area contributed by atoms with Gasteiger partial charge >= 0.3 is 0 Å². The highest BCUT2D eigenvalue weighted by Gasteiger charge is 2.23. The molecule has 0 aromatic heterocycles. The van der Waals surface area contributed by atoms with Crippen LogP contribution in [0, 0.1) is 5.82 Å². The van der Waals surface area contributed by atoms with Crippen molar-refractivity contribution >= 4 is 27.5 Å². The van der Waals surface area contributed by atoms with Crippen molar-refractivity contribution in [1.82, 2.24) is 0 Å². The minimum absolute atomic E-state index is 0.157. The average molecular weight is 348 g/mol. The molecule has 21 heavy (non-hydrogen) atoms. The zero-order valence-electron chi connectivity index (χ0n) is 11.5. The molecule has 0 fully saturated rings. The van der Waals surface area contributed by atoms with E-state index in [4.69, 9.17) is 0 Å². The number of amides is 1. The summed E-state index contributed by atoms with van der Waals surface area (Å²) >= 11 is 3.34. The topological polar surface area (TPSA) is 20.3 Å². The van der Waals surface area contributed by atoms with Gasteiger partial charge in [-0.1, -0.05) is 18.2 Å². The van der Waals surface area contributed by atoms with Gasteiger partial charge in [0.25, 0.3) is 5.91 Å². The number of fused-ring (bicyclic) bond motifs is 1. The number of carbonyl (C=O) groups excluding carboxylic acids is 1. The van der Waals surface area contributed by atoms with Gasteiger partial charge in [-0.05, 0) is 65.0 Å². The first-order valence-electron chi connectivity index (χ1n) is 7.01. The summed E-state index contributed by atoms with van der Waals surface area (Å²) < 4.78 is 14.1. The fourth-order valence-electron chi connectivity index (χ4n) is 2.71. The molecule has 0 bridgehead atoms. The molecule has 1 heterocycles. The Labute approximate surface area is 131 Å². The molecule has 2 aromatic rings. The Kier molecular flexibility index (Phi) is 4.06. The second-order valence-corrected chi connectivity index (χ2v) is 6.02. The van der Waals surface area contributed by atoms with E-state index in [1.54, 1.807) is 11.0 Å². The van der Waals surface area contributed by atoms with Gasteiger partial charge in [0.15, 0.2) is 0 Å². The third-order valence-electron chi connectivity index (χ3n) is 3.76. The molecule has 0 saturated heterocycles. The number of rotatable bonds is 1. The lowest BCUT2D eigenvalue weighted by molar-refractivity contribution is 0.0986. The lowest BCUT2D eigenvalue weighted by Crippen LogP contribution is -2.32. The van der Waals surface area contributed by atoms with Crippen molar-refractivity contribution in [3.8, 4) is 0 Å². The summed E-state index contributed by atoms with van der Waals surface area (Å²) in [5, 5.41) is 0. The minimum Gasteiger partial charge on any atom is -0.308 e. The first-order chi connectivity index (χ1) is 10.2. The summed E-state index contributed by atoms with van der Waals surface area (Å²) in [6, 6.07) is 12.2. The van der Waals surface area contributed by atoms with E-state index >= 15 is 0 Å². The van der Waals surface area contributed by atoms with Crippen LogP contribution in [-0.2, 0) is 6.42 Å². The Bertz CT molecular complexity index is 686. The zero-order valence-corrected chi connectivity index (χ0v) is 13.1. The van der Waals surface area contributed by atoms with Crippen molar-refractivity contribution in [2.24, 2.45) is 0 Å². The molecular weight excluding hydrogens is 333 g/mol. The molecule has 2 aromatic carbocycles. The van der Waals surface area contributed by atoms with Crippen LogP contribution in [0.15, 0.2) is 46.9 Å². The molecule has 1 amide bonds. The molecule has 0 unspecified atom stereocenters. The molecule has 1 aliphatic rings. The number of carbonyl (C=O) groups is 1. The first-order valence-corrected chi connectivity index (χ1v) is 7.81. The van der Waals surface area contributed by atoms with E-state index in [2.05, 4.69) is 22.0 Å². The second kappa shape index (κ2) is 5.98. The fraction of sp³-hybridized carbons (Fsp3) is 0.235. The van der Waals surface area contributed by atoms with Crippen molar-refractivity contribution in [2.45, 2.75) is 19.3 Å². The molecule has 0 N–H and O–H groups in total. The van der Waals surface area contributed by atoms with Crippen molar-refractivity contribution in [3.63, 3.8) is 0 Å². The minimum atomic E-state index is -0.398. The van der Waals surface area contributed by atoms with Crippen LogP contribution in [0.1, 0.15) is 28.8 Å². The molecule has 0 saturated carbocycles. The van der Waals surface area contributed by atoms with Gasteiger partial charge in [0.05, 0.1) is 5.56 Å². The van der Waals surface area contributed by atoms with Crippen LogP contribution in [0.5, 0.6) is 0 Å². The van der Waals surface area contributed by atoms with E-state index in [-0.39, 0.29) is 5.91 Å². The normalized spacial score (nSPS) is 14.5. The van der Waals surface area contributed by atoms with Gasteiger partial charge < -0.3 is 4.90 Å². The third kappa shape index (κ3) is 2.86. The van der Waals surface area contributed by atoms with Gasteiger partial charge in [0.2, 0.25) is 0 Å². The largest absolute Gasteiger partial charge is 0.308 e. The number of aryl methyl sites for hydroxylation is 1. The van der Waals surface area contributed by atoms with Crippen molar-refractivity contribution in [3.05, 3.63) is 63.9 Å². The molecule has 0 spiro atoms. The molecule has 4 heteroatoms. The van der Waals surface area contributed by atoms with Crippen LogP contribution in [-0.4, -0.2) is 12.5 Å². The highest BCUT2D eigenvalue weighted by molar-refractivity contribution is 9.10. The summed E-state index contributed by atoms with van der Waals surface area (Å²) in [4.78, 5) is 14.6. The standard InChI is InChI=1S/C17H15BrFNO/c18-15-9-8-13(19)11-14(15)17(21)20-10-4-3-6-12-5-1-2-7-16(12)20/h1-2,5,7-9,11H,3-4,6,10H2. The smallest absolute Gasteiger partial charge is 0.259 e. The summed E-state index contributed by atoms with van der Waals surface area (Å²) in [7, 11) is 0. The van der Waals surface area contributed by atoms with Crippen molar-refractivity contribution in [2.75, 3.05) is 11.4 Å². The summed E-state index contributed by atoms with van der Waals surface area (Å²) in [6.07, 6.45) is 2.99. The number of nitrogens with zero attached hydrogens (tertiary/aromatic N) is 1. The number of anilines is 1. The molecule has 0 aliphatic carbocycles. The summed E-state index contributed by atoms with van der Waals surface area (Å²) in [5.74, 6) is -0.555. The van der Waals surface area contributed by atoms with Crippen molar-refractivity contribution in [1.29, 1.82) is 0 Å². The van der Waals surface area contributed by atoms with Gasteiger partial charge in [-0.15, -0.1) is 0 Å². The summed E-state index contributed by atoms with van der Waals surface area (Å²) in [6.45, 7) is 0.665. The van der Waals surface area contributed by atoms with Crippen LogP contribution >= 0.6 is 15.9 Å². The molecule has 0 radical (unpaired) electrons. The lowest BCUT2D eigenvalue weighted by atomic mass is 10.1. The highest BCUT2D eigenvalue weighted by atomic mass is 79.9. The summed E-state index contributed by atoms with van der Waals surface area (Å²) in [5.41, 5.74) is 2.48. The van der Waals surface area contributed by atoms with Crippen LogP contribution in [0.25, 0.3) is 0 Å². The maximum absolute atomic E-state index is 13.5. The van der Waals surface area contributed by atoms with Gasteiger partial charge in [0, 0.05) is 16.7 Å². The Balaban J connectivity index is 2.03. The van der Waals surface area contributed by atoms with Crippen molar-refractivity contribution < 1.29 is 9.18 Å². The Hall–Kier alpha value is -1.68. The SMILES string of the molecule is O=C(c1cc(F)ccc1Br)N1CCCCc2ccccc21. The predicted octanol–water partition coefficient (Wildman–Crippen LogP) is 4.57. The monoisotopic (exact) mass is 347 g/mol. The van der Waals surface area contributed by atoms with E-state index in [1.165, 1.54) is 17.7 Å². The predicted molar refractivity (Wildman–Crippen MR) is 85.2 cm³/mol. The number of para-hydroxylation sites is 1. The Morgan fingerprint density at radius 1 is 1.14 bits per heavy atom. The van der Waals surface area contributed by atoms with E-state index in [1.807, 2.05) is 18.2 Å². The Morgan fingerprint density at radius 2 is 1.95 bits per heavy atom. The average Bonchev–Trinajstić information content (AvgIpc) is 2.71. The van der Waals surface area contributed by atoms with Gasteiger partial charge in [-0.3, -0.25) is 4.79 Å². The highest BCUT2D eigenvalue weighted by Crippen LogP contribution is 2.29. The first kappa shape index (κ1) is 14.3. The maximum Gasteiger partial charge on any atom is 0.259 e. The Morgan fingerprint density at radius 3 is 2.81 bits per heavy atom. The quantitative estimate of drug-likeness (QED) is 0.739. The van der Waals surface area contributed by atoms with Crippen LogP contribution < -0.4 is 4.90 Å². The van der Waals surface area contributed by atoms with E-state index in [0.717, 1.165) is 24.9 Å². The number of benzene rings is 2. The maximum atomic E-state index is 13.5. The van der Waals surface area contributed by atoms with Gasteiger partial charge in [-0.2, -0.15) is 0 Å². The van der Waals surface area contributed by atoms with E-state index < -0.39 is 5.82 Å². The third-order valence-corrected chi connectivity index (χ3v) is 4.46. The molecule has 108 valence electrons. The second-order valence-electron chi connectivity index (χ2n) is 5.17.